The van der Waals surface area contributed by atoms with Crippen molar-refractivity contribution in [1.29, 1.82) is 0 Å². The molecule has 39 heavy (non-hydrogen) atoms. The van der Waals surface area contributed by atoms with Gasteiger partial charge in [0.1, 0.15) is 5.82 Å². The molecule has 0 saturated carbocycles. The van der Waals surface area contributed by atoms with Crippen molar-refractivity contribution in [2.24, 2.45) is 4.99 Å². The summed E-state index contributed by atoms with van der Waals surface area (Å²) in [5, 5.41) is 0.919. The van der Waals surface area contributed by atoms with Gasteiger partial charge in [0.15, 0.2) is 4.80 Å². The van der Waals surface area contributed by atoms with Gasteiger partial charge in [-0.3, -0.25) is 9.36 Å². The summed E-state index contributed by atoms with van der Waals surface area (Å²) < 4.78 is 23.0. The van der Waals surface area contributed by atoms with Gasteiger partial charge in [0.2, 0.25) is 0 Å². The number of carbonyl (C=O) groups excluding carboxylic acids is 1. The van der Waals surface area contributed by atoms with Crippen LogP contribution in [0.4, 0.5) is 4.39 Å². The van der Waals surface area contributed by atoms with Crippen LogP contribution in [0.1, 0.15) is 42.4 Å². The monoisotopic (exact) mass is 583 g/mol. The van der Waals surface area contributed by atoms with Crippen LogP contribution in [0.25, 0.3) is 11.8 Å². The van der Waals surface area contributed by atoms with Gasteiger partial charge in [-0.2, -0.15) is 0 Å². The van der Waals surface area contributed by atoms with E-state index in [1.807, 2.05) is 36.6 Å². The molecule has 0 unspecified atom stereocenters. The fourth-order valence-electron chi connectivity index (χ4n) is 4.85. The number of ether oxygens (including phenoxy) is 1. The lowest BCUT2D eigenvalue weighted by molar-refractivity contribution is -0.139. The topological polar surface area (TPSA) is 65.6 Å². The van der Waals surface area contributed by atoms with E-state index in [0.717, 1.165) is 22.6 Å². The second-order valence-corrected chi connectivity index (χ2v) is 10.9. The number of aromatic nitrogens is 2. The number of allylic oxidation sites excluding steroid dienone is 1. The van der Waals surface area contributed by atoms with Crippen molar-refractivity contribution < 1.29 is 13.9 Å². The highest BCUT2D eigenvalue weighted by Gasteiger charge is 2.33. The normalized spacial score (nSPS) is 15.4. The quantitative estimate of drug-likeness (QED) is 0.285. The number of hydrogen-bond acceptors (Lipinski definition) is 5. The molecule has 0 spiro atoms. The summed E-state index contributed by atoms with van der Waals surface area (Å²) in [7, 11) is 0. The number of esters is 1. The molecule has 0 fully saturated rings. The number of fused-ring (bicyclic) bond motifs is 1. The molecule has 0 N–H and O–H groups in total. The number of thiazole rings is 1. The van der Waals surface area contributed by atoms with Gasteiger partial charge in [-0.05, 0) is 81.3 Å². The van der Waals surface area contributed by atoms with Gasteiger partial charge in [-0.15, -0.1) is 0 Å². The average Bonchev–Trinajstić information content (AvgIpc) is 3.35. The number of hydrogen-bond donors (Lipinski definition) is 0. The second kappa shape index (κ2) is 10.6. The third-order valence-corrected chi connectivity index (χ3v) is 8.34. The number of rotatable bonds is 5. The molecule has 0 saturated heterocycles. The summed E-state index contributed by atoms with van der Waals surface area (Å²) in [4.78, 5) is 31.9. The van der Waals surface area contributed by atoms with Crippen LogP contribution in [-0.4, -0.2) is 21.7 Å². The number of halogens is 3. The van der Waals surface area contributed by atoms with Gasteiger partial charge >= 0.3 is 5.97 Å². The lowest BCUT2D eigenvalue weighted by Gasteiger charge is -2.24. The Kier molecular flexibility index (Phi) is 7.37. The predicted molar refractivity (Wildman–Crippen MR) is 152 cm³/mol. The van der Waals surface area contributed by atoms with Crippen LogP contribution in [0.5, 0.6) is 0 Å². The summed E-state index contributed by atoms with van der Waals surface area (Å²) in [6.45, 7) is 7.53. The van der Waals surface area contributed by atoms with Crippen molar-refractivity contribution in [3.63, 3.8) is 0 Å². The number of benzene rings is 2. The van der Waals surface area contributed by atoms with E-state index in [-0.39, 0.29) is 17.7 Å². The molecule has 10 heteroatoms. The number of nitrogens with zero attached hydrogens (tertiary/aromatic N) is 3. The van der Waals surface area contributed by atoms with E-state index in [2.05, 4.69) is 4.99 Å². The third kappa shape index (κ3) is 4.88. The first-order chi connectivity index (χ1) is 18.6. The van der Waals surface area contributed by atoms with Gasteiger partial charge in [0.05, 0.1) is 38.5 Å². The van der Waals surface area contributed by atoms with Crippen LogP contribution < -0.4 is 14.9 Å². The van der Waals surface area contributed by atoms with Crippen LogP contribution in [-0.2, 0) is 9.53 Å². The van der Waals surface area contributed by atoms with Gasteiger partial charge in [-0.1, -0.05) is 46.7 Å². The Balaban J connectivity index is 1.68. The zero-order valence-electron chi connectivity index (χ0n) is 21.6. The average molecular weight is 585 g/mol. The lowest BCUT2D eigenvalue weighted by atomic mass is 9.96. The first kappa shape index (κ1) is 27.1. The molecule has 2 aromatic heterocycles. The summed E-state index contributed by atoms with van der Waals surface area (Å²) in [5.74, 6) is -0.977. The second-order valence-electron chi connectivity index (χ2n) is 9.11. The lowest BCUT2D eigenvalue weighted by Crippen LogP contribution is -2.39. The van der Waals surface area contributed by atoms with Crippen molar-refractivity contribution in [1.82, 2.24) is 9.13 Å². The maximum Gasteiger partial charge on any atom is 0.338 e. The molecule has 1 atom stereocenters. The highest BCUT2D eigenvalue weighted by molar-refractivity contribution is 7.07. The molecule has 6 nitrogen and oxygen atoms in total. The van der Waals surface area contributed by atoms with Crippen LogP contribution in [0.15, 0.2) is 69.6 Å². The molecule has 0 bridgehead atoms. The van der Waals surface area contributed by atoms with Gasteiger partial charge in [0.25, 0.3) is 5.56 Å². The van der Waals surface area contributed by atoms with Crippen molar-refractivity contribution in [2.75, 3.05) is 6.61 Å². The first-order valence-corrected chi connectivity index (χ1v) is 13.8. The minimum Gasteiger partial charge on any atom is -0.463 e. The minimum absolute atomic E-state index is 0.171. The third-order valence-electron chi connectivity index (χ3n) is 6.62. The van der Waals surface area contributed by atoms with Crippen molar-refractivity contribution >= 4 is 46.6 Å². The largest absolute Gasteiger partial charge is 0.463 e. The van der Waals surface area contributed by atoms with E-state index in [1.165, 1.54) is 28.0 Å². The fourth-order valence-corrected chi connectivity index (χ4v) is 6.18. The Bertz CT molecular complexity index is 1830. The van der Waals surface area contributed by atoms with Crippen LogP contribution in [0.3, 0.4) is 0 Å². The molecule has 1 aliphatic heterocycles. The Morgan fingerprint density at radius 2 is 1.82 bits per heavy atom. The molecule has 5 rings (SSSR count). The van der Waals surface area contributed by atoms with Crippen molar-refractivity contribution in [3.05, 3.63) is 118 Å². The molecule has 0 amide bonds. The molecule has 200 valence electrons. The standard InChI is InChI=1S/C29H24Cl2FN3O3S/c1-5-38-28(37)25-16(3)33-29-35(26(25)18-6-8-20(32)9-7-18)27(36)24(39-29)13-19-12-15(2)34(17(19)4)21-10-11-22(30)23(31)14-21/h6-14,26H,5H2,1-4H3/b24-13+/t26-/m0/s1. The van der Waals surface area contributed by atoms with Gasteiger partial charge in [-0.25, -0.2) is 14.2 Å². The smallest absolute Gasteiger partial charge is 0.338 e. The van der Waals surface area contributed by atoms with E-state index < -0.39 is 17.8 Å². The summed E-state index contributed by atoms with van der Waals surface area (Å²) in [5.41, 5.74) is 4.55. The maximum absolute atomic E-state index is 13.9. The van der Waals surface area contributed by atoms with Gasteiger partial charge < -0.3 is 9.30 Å². The predicted octanol–water partition coefficient (Wildman–Crippen LogP) is 5.65. The maximum atomic E-state index is 13.9. The number of carbonyl (C=O) groups is 1. The van der Waals surface area contributed by atoms with Crippen LogP contribution in [0.2, 0.25) is 10.0 Å². The SMILES string of the molecule is CCOC(=O)C1=C(C)N=c2s/c(=C/c3cc(C)n(-c4ccc(Cl)c(Cl)c4)c3C)c(=O)n2[C@H]1c1ccc(F)cc1. The number of aryl methyl sites for hydroxylation is 1. The van der Waals surface area contributed by atoms with Crippen molar-refractivity contribution in [2.45, 2.75) is 33.7 Å². The molecule has 1 aliphatic rings. The minimum atomic E-state index is -0.799. The Morgan fingerprint density at radius 1 is 1.10 bits per heavy atom. The molecule has 4 aromatic rings. The first-order valence-electron chi connectivity index (χ1n) is 12.2. The van der Waals surface area contributed by atoms with E-state index in [9.17, 15) is 14.0 Å². The summed E-state index contributed by atoms with van der Waals surface area (Å²) in [6.07, 6.45) is 1.82. The molecule has 0 aliphatic carbocycles. The van der Waals surface area contributed by atoms with Gasteiger partial charge in [0, 0.05) is 17.1 Å². The Morgan fingerprint density at radius 3 is 2.49 bits per heavy atom. The van der Waals surface area contributed by atoms with Crippen LogP contribution in [0, 0.1) is 19.7 Å². The molecule has 2 aromatic carbocycles. The molecular formula is C29H24Cl2FN3O3S. The Labute approximate surface area is 237 Å². The van der Waals surface area contributed by atoms with E-state index in [1.54, 1.807) is 38.1 Å². The molecule has 0 radical (unpaired) electrons. The van der Waals surface area contributed by atoms with E-state index in [4.69, 9.17) is 27.9 Å². The van der Waals surface area contributed by atoms with Crippen LogP contribution >= 0.6 is 34.5 Å². The molecule has 3 heterocycles. The summed E-state index contributed by atoms with van der Waals surface area (Å²) in [6, 6.07) is 12.4. The molecular weight excluding hydrogens is 560 g/mol. The zero-order valence-corrected chi connectivity index (χ0v) is 23.9. The fraction of sp³-hybridized carbons (Fsp3) is 0.207. The summed E-state index contributed by atoms with van der Waals surface area (Å²) >= 11 is 13.6. The Hall–Kier alpha value is -3.46. The zero-order chi connectivity index (χ0) is 28.0. The van der Waals surface area contributed by atoms with Crippen molar-refractivity contribution in [3.8, 4) is 5.69 Å². The van der Waals surface area contributed by atoms with E-state index >= 15 is 0 Å². The highest BCUT2D eigenvalue weighted by atomic mass is 35.5. The van der Waals surface area contributed by atoms with E-state index in [0.29, 0.717) is 30.6 Å². The highest BCUT2D eigenvalue weighted by Crippen LogP contribution is 2.31.